The number of nitrogens with one attached hydrogen (secondary N) is 1. The third-order valence-corrected chi connectivity index (χ3v) is 4.65. The standard InChI is InChI=1S/C20H25N3O4.ClH/c1-15-12-22(9-8-21-15)13-17-10-19(26-2)20(11-18(17)23(24)25)27-14-16-6-4-3-5-7-16;/h3-7,10-11,15,21H,8-9,12-14H2,1-2H3;1H. The molecule has 0 amide bonds. The molecule has 2 aromatic rings. The van der Waals surface area contributed by atoms with Crippen molar-refractivity contribution in [1.29, 1.82) is 0 Å². The predicted octanol–water partition coefficient (Wildman–Crippen LogP) is 3.40. The Bertz CT molecular complexity index is 789. The molecule has 0 bridgehead atoms. The molecule has 8 heteroatoms. The average molecular weight is 408 g/mol. The summed E-state index contributed by atoms with van der Waals surface area (Å²) in [7, 11) is 1.55. The molecule has 28 heavy (non-hydrogen) atoms. The van der Waals surface area contributed by atoms with Crippen LogP contribution in [0.25, 0.3) is 0 Å². The summed E-state index contributed by atoms with van der Waals surface area (Å²) in [6.07, 6.45) is 0. The first-order chi connectivity index (χ1) is 13.1. The lowest BCUT2D eigenvalue weighted by atomic mass is 10.1. The van der Waals surface area contributed by atoms with E-state index in [9.17, 15) is 10.1 Å². The second kappa shape index (κ2) is 10.3. The third-order valence-electron chi connectivity index (χ3n) is 4.65. The molecule has 0 radical (unpaired) electrons. The van der Waals surface area contributed by atoms with Crippen molar-refractivity contribution < 1.29 is 14.4 Å². The van der Waals surface area contributed by atoms with E-state index in [0.717, 1.165) is 25.2 Å². The molecule has 1 aliphatic heterocycles. The maximum absolute atomic E-state index is 11.6. The Morgan fingerprint density at radius 3 is 2.64 bits per heavy atom. The first kappa shape index (κ1) is 21.9. The smallest absolute Gasteiger partial charge is 0.277 e. The monoisotopic (exact) mass is 407 g/mol. The summed E-state index contributed by atoms with van der Waals surface area (Å²) in [5.74, 6) is 0.889. The summed E-state index contributed by atoms with van der Waals surface area (Å²) in [5, 5.41) is 15.0. The van der Waals surface area contributed by atoms with Crippen LogP contribution in [-0.4, -0.2) is 42.6 Å². The van der Waals surface area contributed by atoms with Gasteiger partial charge in [0.05, 0.1) is 18.1 Å². The molecular weight excluding hydrogens is 382 g/mol. The van der Waals surface area contributed by atoms with E-state index in [-0.39, 0.29) is 23.0 Å². The molecule has 0 aromatic heterocycles. The van der Waals surface area contributed by atoms with E-state index in [0.29, 0.717) is 36.3 Å². The Morgan fingerprint density at radius 1 is 1.25 bits per heavy atom. The Balaban J connectivity index is 0.00000280. The van der Waals surface area contributed by atoms with E-state index in [1.165, 1.54) is 6.07 Å². The van der Waals surface area contributed by atoms with Gasteiger partial charge < -0.3 is 14.8 Å². The first-order valence-electron chi connectivity index (χ1n) is 9.04. The number of nitro groups is 1. The van der Waals surface area contributed by atoms with E-state index in [4.69, 9.17) is 9.47 Å². The Hall–Kier alpha value is -2.35. The van der Waals surface area contributed by atoms with Crippen LogP contribution in [0.15, 0.2) is 42.5 Å². The highest BCUT2D eigenvalue weighted by atomic mass is 35.5. The van der Waals surface area contributed by atoms with Crippen LogP contribution in [0.2, 0.25) is 0 Å². The van der Waals surface area contributed by atoms with Gasteiger partial charge >= 0.3 is 0 Å². The summed E-state index contributed by atoms with van der Waals surface area (Å²) in [4.78, 5) is 13.5. The number of hydrogen-bond acceptors (Lipinski definition) is 6. The van der Waals surface area contributed by atoms with Crippen LogP contribution in [0.3, 0.4) is 0 Å². The number of piperazine rings is 1. The van der Waals surface area contributed by atoms with Gasteiger partial charge in [0.25, 0.3) is 5.69 Å². The molecule has 0 spiro atoms. The molecule has 1 heterocycles. The number of nitro benzene ring substituents is 1. The number of nitrogens with zero attached hydrogens (tertiary/aromatic N) is 2. The molecule has 1 unspecified atom stereocenters. The molecule has 1 atom stereocenters. The van der Waals surface area contributed by atoms with E-state index >= 15 is 0 Å². The predicted molar refractivity (Wildman–Crippen MR) is 110 cm³/mol. The van der Waals surface area contributed by atoms with Crippen molar-refractivity contribution in [2.45, 2.75) is 26.1 Å². The lowest BCUT2D eigenvalue weighted by Gasteiger charge is -2.31. The van der Waals surface area contributed by atoms with Crippen molar-refractivity contribution in [3.63, 3.8) is 0 Å². The summed E-state index contributed by atoms with van der Waals surface area (Å²) in [6, 6.07) is 13.2. The van der Waals surface area contributed by atoms with Gasteiger partial charge in [-0.2, -0.15) is 0 Å². The minimum Gasteiger partial charge on any atom is -0.493 e. The van der Waals surface area contributed by atoms with Gasteiger partial charge in [0, 0.05) is 37.8 Å². The highest BCUT2D eigenvalue weighted by molar-refractivity contribution is 5.85. The third kappa shape index (κ3) is 5.58. The van der Waals surface area contributed by atoms with Crippen LogP contribution < -0.4 is 14.8 Å². The van der Waals surface area contributed by atoms with Gasteiger partial charge in [0.2, 0.25) is 0 Å². The van der Waals surface area contributed by atoms with Crippen LogP contribution in [0.5, 0.6) is 11.5 Å². The Labute approximate surface area is 171 Å². The minimum atomic E-state index is -0.351. The van der Waals surface area contributed by atoms with Gasteiger partial charge in [0.1, 0.15) is 6.61 Å². The molecule has 7 nitrogen and oxygen atoms in total. The van der Waals surface area contributed by atoms with Gasteiger partial charge in [-0.1, -0.05) is 30.3 Å². The van der Waals surface area contributed by atoms with Crippen molar-refractivity contribution in [3.05, 3.63) is 63.7 Å². The molecule has 152 valence electrons. The quantitative estimate of drug-likeness (QED) is 0.560. The number of hydrogen-bond donors (Lipinski definition) is 1. The highest BCUT2D eigenvalue weighted by Crippen LogP contribution is 2.36. The van der Waals surface area contributed by atoms with Crippen molar-refractivity contribution in [2.75, 3.05) is 26.7 Å². The largest absolute Gasteiger partial charge is 0.493 e. The number of halogens is 1. The summed E-state index contributed by atoms with van der Waals surface area (Å²) >= 11 is 0. The second-order valence-electron chi connectivity index (χ2n) is 6.75. The SMILES string of the molecule is COc1cc(CN2CCNC(C)C2)c([N+](=O)[O-])cc1OCc1ccccc1.Cl. The number of methoxy groups -OCH3 is 1. The normalized spacial score (nSPS) is 16.9. The van der Waals surface area contributed by atoms with Crippen LogP contribution in [0, 0.1) is 10.1 Å². The Kier molecular flexibility index (Phi) is 8.04. The molecule has 1 fully saturated rings. The Morgan fingerprint density at radius 2 is 2.00 bits per heavy atom. The molecular formula is C20H26ClN3O4. The topological polar surface area (TPSA) is 76.9 Å². The molecule has 1 saturated heterocycles. The molecule has 3 rings (SSSR count). The van der Waals surface area contributed by atoms with Crippen molar-refractivity contribution in [1.82, 2.24) is 10.2 Å². The van der Waals surface area contributed by atoms with Crippen LogP contribution in [0.1, 0.15) is 18.1 Å². The number of ether oxygens (including phenoxy) is 2. The minimum absolute atomic E-state index is 0. The molecule has 0 saturated carbocycles. The van der Waals surface area contributed by atoms with Gasteiger partial charge in [-0.25, -0.2) is 0 Å². The van der Waals surface area contributed by atoms with E-state index < -0.39 is 0 Å². The van der Waals surface area contributed by atoms with Crippen molar-refractivity contribution in [3.8, 4) is 11.5 Å². The molecule has 0 aliphatic carbocycles. The van der Waals surface area contributed by atoms with Gasteiger partial charge in [-0.15, -0.1) is 12.4 Å². The van der Waals surface area contributed by atoms with E-state index in [1.54, 1.807) is 13.2 Å². The number of rotatable bonds is 7. The summed E-state index contributed by atoms with van der Waals surface area (Å²) in [5.41, 5.74) is 1.68. The molecule has 1 N–H and O–H groups in total. The lowest BCUT2D eigenvalue weighted by molar-refractivity contribution is -0.385. The van der Waals surface area contributed by atoms with Gasteiger partial charge in [0.15, 0.2) is 11.5 Å². The maximum atomic E-state index is 11.6. The van der Waals surface area contributed by atoms with Crippen LogP contribution in [-0.2, 0) is 13.2 Å². The zero-order chi connectivity index (χ0) is 19.2. The van der Waals surface area contributed by atoms with Gasteiger partial charge in [-0.3, -0.25) is 15.0 Å². The van der Waals surface area contributed by atoms with E-state index in [2.05, 4.69) is 17.1 Å². The van der Waals surface area contributed by atoms with Gasteiger partial charge in [-0.05, 0) is 18.6 Å². The fourth-order valence-electron chi connectivity index (χ4n) is 3.29. The maximum Gasteiger partial charge on any atom is 0.277 e. The summed E-state index contributed by atoms with van der Waals surface area (Å²) < 4.78 is 11.3. The zero-order valence-corrected chi connectivity index (χ0v) is 16.9. The molecule has 1 aliphatic rings. The van der Waals surface area contributed by atoms with E-state index in [1.807, 2.05) is 30.3 Å². The fourth-order valence-corrected chi connectivity index (χ4v) is 3.29. The van der Waals surface area contributed by atoms with Crippen molar-refractivity contribution >= 4 is 18.1 Å². The average Bonchev–Trinajstić information content (AvgIpc) is 2.67. The van der Waals surface area contributed by atoms with Crippen molar-refractivity contribution in [2.24, 2.45) is 0 Å². The summed E-state index contributed by atoms with van der Waals surface area (Å²) in [6.45, 7) is 5.54. The van der Waals surface area contributed by atoms with Crippen LogP contribution in [0.4, 0.5) is 5.69 Å². The number of benzene rings is 2. The zero-order valence-electron chi connectivity index (χ0n) is 16.1. The second-order valence-corrected chi connectivity index (χ2v) is 6.75. The lowest BCUT2D eigenvalue weighted by Crippen LogP contribution is -2.48. The first-order valence-corrected chi connectivity index (χ1v) is 9.04. The fraction of sp³-hybridized carbons (Fsp3) is 0.400. The van der Waals surface area contributed by atoms with Crippen LogP contribution >= 0.6 is 12.4 Å². The highest BCUT2D eigenvalue weighted by Gasteiger charge is 2.23. The molecule has 2 aromatic carbocycles.